The van der Waals surface area contributed by atoms with Crippen LogP contribution in [-0.4, -0.2) is 35.9 Å². The summed E-state index contributed by atoms with van der Waals surface area (Å²) in [5, 5.41) is 12.2. The molecule has 0 saturated carbocycles. The van der Waals surface area contributed by atoms with Gasteiger partial charge in [-0.25, -0.2) is 0 Å². The van der Waals surface area contributed by atoms with E-state index in [0.717, 1.165) is 6.42 Å². The van der Waals surface area contributed by atoms with Crippen molar-refractivity contribution < 1.29 is 14.6 Å². The number of hydrogen-bond acceptors (Lipinski definition) is 3. The molecule has 1 rings (SSSR count). The average Bonchev–Trinajstić information content (AvgIpc) is 2.22. The van der Waals surface area contributed by atoms with Crippen molar-refractivity contribution in [3.05, 3.63) is 0 Å². The van der Waals surface area contributed by atoms with Crippen LogP contribution in [0, 0.1) is 11.8 Å². The highest BCUT2D eigenvalue weighted by molar-refractivity contribution is 5.73. The van der Waals surface area contributed by atoms with E-state index in [-0.39, 0.29) is 30.8 Å². The van der Waals surface area contributed by atoms with Gasteiger partial charge in [-0.3, -0.25) is 4.79 Å². The molecule has 2 N–H and O–H groups in total. The third-order valence-corrected chi connectivity index (χ3v) is 3.66. The Balaban J connectivity index is 2.79. The maximum atomic E-state index is 11.1. The largest absolute Gasteiger partial charge is 0.394 e. The predicted octanol–water partition coefficient (Wildman–Crippen LogP) is 0.933. The molecular formula is C12H23NO3. The van der Waals surface area contributed by atoms with E-state index in [1.54, 1.807) is 0 Å². The van der Waals surface area contributed by atoms with Crippen molar-refractivity contribution >= 4 is 5.91 Å². The van der Waals surface area contributed by atoms with Crippen molar-refractivity contribution in [2.45, 2.75) is 52.4 Å². The number of aliphatic hydroxyl groups is 1. The molecule has 1 aliphatic rings. The number of carbonyl (C=O) groups excluding carboxylic acids is 1. The number of hydrogen-bond donors (Lipinski definition) is 2. The Morgan fingerprint density at radius 1 is 1.44 bits per heavy atom. The van der Waals surface area contributed by atoms with Gasteiger partial charge in [0.25, 0.3) is 0 Å². The maximum absolute atomic E-state index is 11.1. The third kappa shape index (κ3) is 2.74. The van der Waals surface area contributed by atoms with Gasteiger partial charge in [0, 0.05) is 6.92 Å². The molecule has 4 nitrogen and oxygen atoms in total. The van der Waals surface area contributed by atoms with Gasteiger partial charge in [-0.2, -0.15) is 0 Å². The first-order chi connectivity index (χ1) is 7.51. The summed E-state index contributed by atoms with van der Waals surface area (Å²) in [6.07, 6.45) is 0.884. The van der Waals surface area contributed by atoms with Crippen molar-refractivity contribution in [1.82, 2.24) is 5.32 Å². The zero-order valence-corrected chi connectivity index (χ0v) is 10.6. The second kappa shape index (κ2) is 5.64. The minimum Gasteiger partial charge on any atom is -0.394 e. The Kier molecular flexibility index (Phi) is 4.74. The van der Waals surface area contributed by atoms with Gasteiger partial charge in [0.2, 0.25) is 5.91 Å². The molecule has 0 spiro atoms. The fourth-order valence-corrected chi connectivity index (χ4v) is 2.81. The maximum Gasteiger partial charge on any atom is 0.217 e. The van der Waals surface area contributed by atoms with E-state index < -0.39 is 0 Å². The second-order valence-electron chi connectivity index (χ2n) is 4.72. The first-order valence-electron chi connectivity index (χ1n) is 6.04. The molecule has 0 aromatic heterocycles. The molecule has 0 aromatic carbocycles. The first-order valence-corrected chi connectivity index (χ1v) is 6.04. The van der Waals surface area contributed by atoms with E-state index in [1.165, 1.54) is 6.92 Å². The lowest BCUT2D eigenvalue weighted by molar-refractivity contribution is -0.143. The Hall–Kier alpha value is -0.610. The van der Waals surface area contributed by atoms with Crippen LogP contribution in [0.25, 0.3) is 0 Å². The van der Waals surface area contributed by atoms with Gasteiger partial charge in [0.15, 0.2) is 0 Å². The summed E-state index contributed by atoms with van der Waals surface area (Å²) in [5.74, 6) is 0.692. The lowest BCUT2D eigenvalue weighted by atomic mass is 9.78. The molecular weight excluding hydrogens is 206 g/mol. The number of rotatable bonds is 3. The highest BCUT2D eigenvalue weighted by Crippen LogP contribution is 2.32. The smallest absolute Gasteiger partial charge is 0.217 e. The SMILES string of the molecule is CC[C@@H]1C(C)O[C@@H](CO)C(NC(C)=O)[C@@H]1C. The van der Waals surface area contributed by atoms with Crippen molar-refractivity contribution in [2.75, 3.05) is 6.61 Å². The third-order valence-electron chi connectivity index (χ3n) is 3.66. The Labute approximate surface area is 97.4 Å². The lowest BCUT2D eigenvalue weighted by Gasteiger charge is -2.44. The second-order valence-corrected chi connectivity index (χ2v) is 4.72. The van der Waals surface area contributed by atoms with E-state index in [1.807, 2.05) is 6.92 Å². The van der Waals surface area contributed by atoms with E-state index in [0.29, 0.717) is 11.8 Å². The van der Waals surface area contributed by atoms with Crippen molar-refractivity contribution in [1.29, 1.82) is 0 Å². The summed E-state index contributed by atoms with van der Waals surface area (Å²) in [7, 11) is 0. The van der Waals surface area contributed by atoms with Crippen molar-refractivity contribution in [2.24, 2.45) is 11.8 Å². The summed E-state index contributed by atoms with van der Waals surface area (Å²) in [4.78, 5) is 11.1. The van der Waals surface area contributed by atoms with Gasteiger partial charge in [-0.05, 0) is 18.8 Å². The summed E-state index contributed by atoms with van der Waals surface area (Å²) in [6, 6.07) is -0.0800. The summed E-state index contributed by atoms with van der Waals surface area (Å²) >= 11 is 0. The van der Waals surface area contributed by atoms with Crippen LogP contribution in [0.5, 0.6) is 0 Å². The molecule has 1 aliphatic heterocycles. The monoisotopic (exact) mass is 229 g/mol. The number of amides is 1. The fraction of sp³-hybridized carbons (Fsp3) is 0.917. The van der Waals surface area contributed by atoms with Gasteiger partial charge in [-0.1, -0.05) is 20.3 Å². The highest BCUT2D eigenvalue weighted by atomic mass is 16.5. The van der Waals surface area contributed by atoms with Crippen LogP contribution in [0.4, 0.5) is 0 Å². The molecule has 4 heteroatoms. The molecule has 1 fully saturated rings. The molecule has 0 aliphatic carbocycles. The quantitative estimate of drug-likeness (QED) is 0.757. The number of nitrogens with one attached hydrogen (secondary N) is 1. The molecule has 1 amide bonds. The van der Waals surface area contributed by atoms with Crippen LogP contribution in [-0.2, 0) is 9.53 Å². The van der Waals surface area contributed by atoms with Crippen molar-refractivity contribution in [3.8, 4) is 0 Å². The Morgan fingerprint density at radius 3 is 2.50 bits per heavy atom. The lowest BCUT2D eigenvalue weighted by Crippen LogP contribution is -2.57. The van der Waals surface area contributed by atoms with Gasteiger partial charge in [-0.15, -0.1) is 0 Å². The molecule has 16 heavy (non-hydrogen) atoms. The highest BCUT2D eigenvalue weighted by Gasteiger charge is 2.40. The number of aliphatic hydroxyl groups excluding tert-OH is 1. The van der Waals surface area contributed by atoms with Crippen LogP contribution >= 0.6 is 0 Å². The summed E-state index contributed by atoms with van der Waals surface area (Å²) < 4.78 is 5.76. The van der Waals surface area contributed by atoms with E-state index in [9.17, 15) is 9.90 Å². The molecule has 1 heterocycles. The molecule has 0 radical (unpaired) electrons. The van der Waals surface area contributed by atoms with E-state index in [2.05, 4.69) is 19.2 Å². The van der Waals surface area contributed by atoms with Crippen LogP contribution in [0.2, 0.25) is 0 Å². The summed E-state index contributed by atoms with van der Waals surface area (Å²) in [6.45, 7) is 7.75. The molecule has 5 atom stereocenters. The first kappa shape index (κ1) is 13.5. The van der Waals surface area contributed by atoms with Gasteiger partial charge < -0.3 is 15.2 Å². The fourth-order valence-electron chi connectivity index (χ4n) is 2.81. The zero-order valence-electron chi connectivity index (χ0n) is 10.6. The van der Waals surface area contributed by atoms with E-state index in [4.69, 9.17) is 4.74 Å². The Bertz CT molecular complexity index is 244. The molecule has 0 bridgehead atoms. The van der Waals surface area contributed by atoms with Crippen LogP contribution in [0.1, 0.15) is 34.1 Å². The molecule has 2 unspecified atom stereocenters. The van der Waals surface area contributed by atoms with Gasteiger partial charge >= 0.3 is 0 Å². The predicted molar refractivity (Wildman–Crippen MR) is 62.0 cm³/mol. The van der Waals surface area contributed by atoms with Crippen LogP contribution < -0.4 is 5.32 Å². The van der Waals surface area contributed by atoms with Gasteiger partial charge in [0.1, 0.15) is 6.10 Å². The zero-order chi connectivity index (χ0) is 12.3. The van der Waals surface area contributed by atoms with Crippen LogP contribution in [0.15, 0.2) is 0 Å². The van der Waals surface area contributed by atoms with E-state index >= 15 is 0 Å². The average molecular weight is 229 g/mol. The molecule has 0 aromatic rings. The van der Waals surface area contributed by atoms with Gasteiger partial charge in [0.05, 0.1) is 18.8 Å². The number of ether oxygens (including phenoxy) is 1. The Morgan fingerprint density at radius 2 is 2.06 bits per heavy atom. The molecule has 1 saturated heterocycles. The topological polar surface area (TPSA) is 58.6 Å². The minimum absolute atomic E-state index is 0.0456. The molecule has 94 valence electrons. The standard InChI is InChI=1S/C12H23NO3/c1-5-10-7(2)12(13-9(4)15)11(6-14)16-8(10)3/h7-8,10-12,14H,5-6H2,1-4H3,(H,13,15)/t7-,8?,10+,11+,12?/m1/s1. The normalized spacial score (nSPS) is 39.4. The minimum atomic E-state index is -0.281. The summed E-state index contributed by atoms with van der Waals surface area (Å²) in [5.41, 5.74) is 0. The van der Waals surface area contributed by atoms with Crippen LogP contribution in [0.3, 0.4) is 0 Å². The number of carbonyl (C=O) groups is 1. The van der Waals surface area contributed by atoms with Crippen molar-refractivity contribution in [3.63, 3.8) is 0 Å².